The lowest BCUT2D eigenvalue weighted by molar-refractivity contribution is 0.195. The maximum absolute atomic E-state index is 5.03. The van der Waals surface area contributed by atoms with Crippen LogP contribution in [0, 0.1) is 0 Å². The molecule has 0 aliphatic rings. The zero-order chi connectivity index (χ0) is 14.6. The number of methoxy groups -OCH3 is 1. The molecule has 0 radical (unpaired) electrons. The van der Waals surface area contributed by atoms with E-state index in [9.17, 15) is 0 Å². The summed E-state index contributed by atoms with van der Waals surface area (Å²) >= 11 is 0. The normalized spacial score (nSPS) is 12.8. The van der Waals surface area contributed by atoms with Crippen molar-refractivity contribution in [2.75, 3.05) is 20.3 Å². The molecule has 20 heavy (non-hydrogen) atoms. The van der Waals surface area contributed by atoms with Gasteiger partial charge in [0.2, 0.25) is 0 Å². The number of rotatable bonds is 12. The molecule has 116 valence electrons. The van der Waals surface area contributed by atoms with Crippen molar-refractivity contribution < 1.29 is 4.74 Å². The zero-order valence-corrected chi connectivity index (χ0v) is 13.1. The average Bonchev–Trinajstić information content (AvgIpc) is 2.91. The van der Waals surface area contributed by atoms with E-state index < -0.39 is 0 Å². The Kier molecular flexibility index (Phi) is 9.15. The second-order valence-corrected chi connectivity index (χ2v) is 5.20. The van der Waals surface area contributed by atoms with Crippen LogP contribution in [0.25, 0.3) is 0 Å². The molecule has 1 aromatic rings. The molecule has 1 aromatic heterocycles. The third-order valence-electron chi connectivity index (χ3n) is 3.43. The highest BCUT2D eigenvalue weighted by Crippen LogP contribution is 2.10. The van der Waals surface area contributed by atoms with Crippen molar-refractivity contribution in [1.82, 2.24) is 25.5 Å². The highest BCUT2D eigenvalue weighted by atomic mass is 16.5. The summed E-state index contributed by atoms with van der Waals surface area (Å²) in [4.78, 5) is 0. The lowest BCUT2D eigenvalue weighted by atomic mass is 10.1. The first-order chi connectivity index (χ1) is 9.79. The van der Waals surface area contributed by atoms with Crippen LogP contribution in [0.15, 0.2) is 0 Å². The Bertz CT molecular complexity index is 342. The Hall–Kier alpha value is -1.01. The molecular weight excluding hydrogens is 254 g/mol. The van der Waals surface area contributed by atoms with E-state index in [4.69, 9.17) is 4.74 Å². The topological polar surface area (TPSA) is 64.9 Å². The van der Waals surface area contributed by atoms with Crippen molar-refractivity contribution in [3.05, 3.63) is 5.82 Å². The largest absolute Gasteiger partial charge is 0.383 e. The van der Waals surface area contributed by atoms with Crippen LogP contribution in [0.3, 0.4) is 0 Å². The van der Waals surface area contributed by atoms with E-state index >= 15 is 0 Å². The second kappa shape index (κ2) is 10.7. The summed E-state index contributed by atoms with van der Waals surface area (Å²) in [5, 5.41) is 15.4. The minimum absolute atomic E-state index is 0.153. The van der Waals surface area contributed by atoms with Crippen LogP contribution in [0.1, 0.15) is 64.2 Å². The first-order valence-corrected chi connectivity index (χ1v) is 7.78. The van der Waals surface area contributed by atoms with E-state index in [1.54, 1.807) is 7.11 Å². The molecule has 0 amide bonds. The Morgan fingerprint density at radius 3 is 2.70 bits per heavy atom. The van der Waals surface area contributed by atoms with E-state index in [-0.39, 0.29) is 6.04 Å². The number of nitrogens with zero attached hydrogens (tertiary/aromatic N) is 4. The molecule has 6 heteroatoms. The molecule has 6 nitrogen and oxygen atoms in total. The van der Waals surface area contributed by atoms with Gasteiger partial charge < -0.3 is 10.1 Å². The van der Waals surface area contributed by atoms with Crippen LogP contribution in [-0.4, -0.2) is 40.5 Å². The average molecular weight is 283 g/mol. The van der Waals surface area contributed by atoms with Gasteiger partial charge in [0.1, 0.15) is 0 Å². The number of nitrogens with one attached hydrogen (secondary N) is 1. The van der Waals surface area contributed by atoms with E-state index in [0.717, 1.165) is 25.3 Å². The van der Waals surface area contributed by atoms with Gasteiger partial charge in [-0.2, -0.15) is 0 Å². The minimum atomic E-state index is 0.153. The molecule has 1 unspecified atom stereocenters. The van der Waals surface area contributed by atoms with Gasteiger partial charge in [0, 0.05) is 20.2 Å². The van der Waals surface area contributed by atoms with E-state index in [1.165, 1.54) is 32.1 Å². The number of unbranched alkanes of at least 4 members (excludes halogenated alkanes) is 5. The van der Waals surface area contributed by atoms with Crippen LogP contribution in [0.4, 0.5) is 0 Å². The van der Waals surface area contributed by atoms with E-state index in [2.05, 4.69) is 34.7 Å². The van der Waals surface area contributed by atoms with Crippen molar-refractivity contribution in [3.63, 3.8) is 0 Å². The quantitative estimate of drug-likeness (QED) is 0.596. The lowest BCUT2D eigenvalue weighted by Crippen LogP contribution is -2.25. The molecular formula is C14H29N5O. The molecule has 0 fully saturated rings. The van der Waals surface area contributed by atoms with Gasteiger partial charge in [-0.15, -0.1) is 5.10 Å². The number of ether oxygens (including phenoxy) is 1. The summed E-state index contributed by atoms with van der Waals surface area (Å²) in [5.41, 5.74) is 0. The number of aromatic nitrogens is 4. The molecule has 0 bridgehead atoms. The van der Waals surface area contributed by atoms with Gasteiger partial charge in [0.25, 0.3) is 0 Å². The summed E-state index contributed by atoms with van der Waals surface area (Å²) in [6.07, 6.45) is 7.69. The Balaban J connectivity index is 2.27. The molecule has 0 spiro atoms. The number of tetrazole rings is 1. The van der Waals surface area contributed by atoms with Gasteiger partial charge in [-0.05, 0) is 23.8 Å². The maximum Gasteiger partial charge on any atom is 0.167 e. The first-order valence-electron chi connectivity index (χ1n) is 7.78. The number of hydrogen-bond acceptors (Lipinski definition) is 5. The van der Waals surface area contributed by atoms with Crippen molar-refractivity contribution in [2.24, 2.45) is 0 Å². The highest BCUT2D eigenvalue weighted by Gasteiger charge is 2.13. The zero-order valence-electron chi connectivity index (χ0n) is 13.1. The lowest BCUT2D eigenvalue weighted by Gasteiger charge is -2.13. The smallest absolute Gasteiger partial charge is 0.167 e. The molecule has 1 N–H and O–H groups in total. The van der Waals surface area contributed by atoms with Gasteiger partial charge in [-0.1, -0.05) is 39.0 Å². The van der Waals surface area contributed by atoms with Crippen molar-refractivity contribution in [1.29, 1.82) is 0 Å². The molecule has 0 aliphatic carbocycles. The predicted octanol–water partition coefficient (Wildman–Crippen LogP) is 2.33. The van der Waals surface area contributed by atoms with Crippen LogP contribution >= 0.6 is 0 Å². The minimum Gasteiger partial charge on any atom is -0.383 e. The highest BCUT2D eigenvalue weighted by molar-refractivity contribution is 4.89. The van der Waals surface area contributed by atoms with E-state index in [0.29, 0.717) is 6.61 Å². The summed E-state index contributed by atoms with van der Waals surface area (Å²) in [7, 11) is 1.70. The van der Waals surface area contributed by atoms with Gasteiger partial charge in [0.15, 0.2) is 5.82 Å². The van der Waals surface area contributed by atoms with Gasteiger partial charge in [-0.25, -0.2) is 4.68 Å². The first kappa shape index (κ1) is 17.0. The summed E-state index contributed by atoms with van der Waals surface area (Å²) < 4.78 is 6.95. The molecule has 0 aromatic carbocycles. The van der Waals surface area contributed by atoms with Crippen LogP contribution < -0.4 is 5.32 Å². The Morgan fingerprint density at radius 1 is 1.20 bits per heavy atom. The van der Waals surface area contributed by atoms with Crippen LogP contribution in [-0.2, 0) is 11.3 Å². The maximum atomic E-state index is 5.03. The van der Waals surface area contributed by atoms with E-state index in [1.807, 2.05) is 4.68 Å². The predicted molar refractivity (Wildman–Crippen MR) is 79.5 cm³/mol. The molecule has 1 atom stereocenters. The summed E-state index contributed by atoms with van der Waals surface area (Å²) in [6, 6.07) is 0.153. The molecule has 0 aliphatic heterocycles. The Labute approximate surface area is 122 Å². The number of aryl methyl sites for hydroxylation is 1. The summed E-state index contributed by atoms with van der Waals surface area (Å²) in [5.74, 6) is 0.912. The molecule has 0 saturated carbocycles. The summed E-state index contributed by atoms with van der Waals surface area (Å²) in [6.45, 7) is 6.74. The van der Waals surface area contributed by atoms with Crippen molar-refractivity contribution >= 4 is 0 Å². The third-order valence-corrected chi connectivity index (χ3v) is 3.43. The van der Waals surface area contributed by atoms with Gasteiger partial charge in [-0.3, -0.25) is 0 Å². The molecule has 1 rings (SSSR count). The van der Waals surface area contributed by atoms with Crippen LogP contribution in [0.5, 0.6) is 0 Å². The van der Waals surface area contributed by atoms with Crippen LogP contribution in [0.2, 0.25) is 0 Å². The van der Waals surface area contributed by atoms with Gasteiger partial charge >= 0.3 is 0 Å². The fraction of sp³-hybridized carbons (Fsp3) is 0.929. The van der Waals surface area contributed by atoms with Crippen molar-refractivity contribution in [3.8, 4) is 0 Å². The third kappa shape index (κ3) is 6.43. The second-order valence-electron chi connectivity index (χ2n) is 5.20. The Morgan fingerprint density at radius 2 is 1.95 bits per heavy atom. The fourth-order valence-electron chi connectivity index (χ4n) is 2.19. The van der Waals surface area contributed by atoms with Crippen molar-refractivity contribution in [2.45, 2.75) is 65.0 Å². The number of hydrogen-bond donors (Lipinski definition) is 1. The monoisotopic (exact) mass is 283 g/mol. The molecule has 1 heterocycles. The van der Waals surface area contributed by atoms with Gasteiger partial charge in [0.05, 0.1) is 12.6 Å². The SMILES string of the molecule is CCCCCCCCn1nnnc1C(C)NCCOC. The standard InChI is InChI=1S/C14H29N5O/c1-4-5-6-7-8-9-11-19-14(16-17-18-19)13(2)15-10-12-20-3/h13,15H,4-12H2,1-3H3. The fourth-order valence-corrected chi connectivity index (χ4v) is 2.19. The molecule has 0 saturated heterocycles.